The van der Waals surface area contributed by atoms with Crippen molar-refractivity contribution in [3.8, 4) is 5.75 Å². The molecule has 0 aliphatic heterocycles. The van der Waals surface area contributed by atoms with Crippen LogP contribution in [0.4, 0.5) is 16.8 Å². The summed E-state index contributed by atoms with van der Waals surface area (Å²) >= 11 is 4.04. The first-order chi connectivity index (χ1) is 8.83. The summed E-state index contributed by atoms with van der Waals surface area (Å²) in [7, 11) is -5.32. The topological polar surface area (TPSA) is 43.4 Å². The Morgan fingerprint density at radius 3 is 2.00 bits per heavy atom. The van der Waals surface area contributed by atoms with Crippen LogP contribution in [0.1, 0.15) is 22.3 Å². The molecule has 3 nitrogen and oxygen atoms in total. The standard InChI is InChI=1S/C10H12BF4O3S2/c1-5-8(4-11(12,13)14)6(2)10(19)7(3)9(5)18-20(15,16)17/h19H,4H2,1-3H3/q-1. The molecule has 0 amide bonds. The van der Waals surface area contributed by atoms with Gasteiger partial charge >= 0.3 is 17.5 Å². The number of halogens is 4. The minimum atomic E-state index is -5.32. The average molecular weight is 331 g/mol. The van der Waals surface area contributed by atoms with Crippen LogP contribution >= 0.6 is 12.6 Å². The van der Waals surface area contributed by atoms with Gasteiger partial charge in [0.1, 0.15) is 0 Å². The second-order valence-electron chi connectivity index (χ2n) is 4.42. The summed E-state index contributed by atoms with van der Waals surface area (Å²) in [6.07, 6.45) is -1.21. The number of benzene rings is 1. The Balaban J connectivity index is 3.55. The molecule has 0 unspecified atom stereocenters. The van der Waals surface area contributed by atoms with Crippen LogP contribution in [0.3, 0.4) is 0 Å². The molecule has 0 saturated heterocycles. The first kappa shape index (κ1) is 17.2. The molecule has 0 aliphatic rings. The van der Waals surface area contributed by atoms with Crippen LogP contribution in [0.2, 0.25) is 0 Å². The molecule has 0 saturated carbocycles. The molecule has 0 atom stereocenters. The molecule has 0 aliphatic carbocycles. The van der Waals surface area contributed by atoms with E-state index in [1.54, 1.807) is 0 Å². The second-order valence-corrected chi connectivity index (χ2v) is 5.82. The highest BCUT2D eigenvalue weighted by Gasteiger charge is 2.28. The zero-order valence-electron chi connectivity index (χ0n) is 10.9. The number of hydrogen-bond acceptors (Lipinski definition) is 4. The summed E-state index contributed by atoms with van der Waals surface area (Å²) in [5.41, 5.74) is 0.235. The van der Waals surface area contributed by atoms with Crippen molar-refractivity contribution in [1.82, 2.24) is 0 Å². The molecule has 0 aromatic heterocycles. The van der Waals surface area contributed by atoms with E-state index in [1.807, 2.05) is 0 Å². The van der Waals surface area contributed by atoms with Crippen LogP contribution in [0.15, 0.2) is 4.90 Å². The average Bonchev–Trinajstić information content (AvgIpc) is 2.25. The zero-order valence-corrected chi connectivity index (χ0v) is 12.6. The molecule has 0 fully saturated rings. The Morgan fingerprint density at radius 1 is 1.10 bits per heavy atom. The van der Waals surface area contributed by atoms with Crippen molar-refractivity contribution in [2.75, 3.05) is 0 Å². The van der Waals surface area contributed by atoms with E-state index < -0.39 is 29.6 Å². The fourth-order valence-corrected chi connectivity index (χ4v) is 2.68. The van der Waals surface area contributed by atoms with Crippen LogP contribution in [-0.4, -0.2) is 15.4 Å². The summed E-state index contributed by atoms with van der Waals surface area (Å²) in [5, 5.41) is 0. The van der Waals surface area contributed by atoms with Crippen LogP contribution in [-0.2, 0) is 16.8 Å². The van der Waals surface area contributed by atoms with E-state index in [2.05, 4.69) is 16.8 Å². The van der Waals surface area contributed by atoms with Crippen molar-refractivity contribution in [2.24, 2.45) is 0 Å². The molecule has 0 bridgehead atoms. The Kier molecular flexibility index (Phi) is 4.70. The highest BCUT2D eigenvalue weighted by Crippen LogP contribution is 2.37. The van der Waals surface area contributed by atoms with E-state index >= 15 is 0 Å². The van der Waals surface area contributed by atoms with Gasteiger partial charge in [-0.2, -0.15) is 8.42 Å². The van der Waals surface area contributed by atoms with Gasteiger partial charge in [0, 0.05) is 10.5 Å². The van der Waals surface area contributed by atoms with Crippen LogP contribution < -0.4 is 4.18 Å². The van der Waals surface area contributed by atoms with Crippen molar-refractivity contribution >= 4 is 30.1 Å². The van der Waals surface area contributed by atoms with Crippen LogP contribution in [0, 0.1) is 20.8 Å². The van der Waals surface area contributed by atoms with Gasteiger partial charge in [-0.3, -0.25) is 0 Å². The maximum absolute atomic E-state index is 12.6. The van der Waals surface area contributed by atoms with Gasteiger partial charge in [-0.1, -0.05) is 15.8 Å². The molecule has 1 aromatic rings. The normalized spacial score (nSPS) is 12.6. The molecule has 114 valence electrons. The molecule has 20 heavy (non-hydrogen) atoms. The predicted octanol–water partition coefficient (Wildman–Crippen LogP) is 3.42. The van der Waals surface area contributed by atoms with Crippen LogP contribution in [0.5, 0.6) is 5.75 Å². The predicted molar refractivity (Wildman–Crippen MR) is 71.3 cm³/mol. The Labute approximate surface area is 120 Å². The molecule has 1 aromatic carbocycles. The summed E-state index contributed by atoms with van der Waals surface area (Å²) in [6, 6.07) is 0. The van der Waals surface area contributed by atoms with Gasteiger partial charge in [-0.05, 0) is 31.9 Å². The van der Waals surface area contributed by atoms with Gasteiger partial charge in [0.2, 0.25) is 0 Å². The Bertz CT molecular complexity index is 641. The first-order valence-electron chi connectivity index (χ1n) is 5.50. The fraction of sp³-hybridized carbons (Fsp3) is 0.400. The van der Waals surface area contributed by atoms with Gasteiger partial charge in [0.15, 0.2) is 5.75 Å². The van der Waals surface area contributed by atoms with E-state index in [9.17, 15) is 25.3 Å². The van der Waals surface area contributed by atoms with E-state index in [1.165, 1.54) is 20.8 Å². The molecule has 0 radical (unpaired) electrons. The van der Waals surface area contributed by atoms with Gasteiger partial charge < -0.3 is 17.1 Å². The van der Waals surface area contributed by atoms with E-state index in [-0.39, 0.29) is 27.1 Å². The van der Waals surface area contributed by atoms with E-state index in [4.69, 9.17) is 0 Å². The minimum Gasteiger partial charge on any atom is -0.449 e. The SMILES string of the molecule is Cc1c(S)c(C)c(OS(=O)(=O)F)c(C)c1C[B-](F)(F)F. The highest BCUT2D eigenvalue weighted by molar-refractivity contribution is 7.81. The Hall–Kier alpha value is -0.895. The molecular formula is C10H12BF4O3S2-. The van der Waals surface area contributed by atoms with E-state index in [0.29, 0.717) is 0 Å². The van der Waals surface area contributed by atoms with Gasteiger partial charge in [0.05, 0.1) is 0 Å². The second kappa shape index (κ2) is 5.47. The Morgan fingerprint density at radius 2 is 1.60 bits per heavy atom. The zero-order chi connectivity index (χ0) is 15.9. The highest BCUT2D eigenvalue weighted by atomic mass is 32.3. The van der Waals surface area contributed by atoms with Crippen molar-refractivity contribution in [1.29, 1.82) is 0 Å². The third-order valence-electron chi connectivity index (χ3n) is 2.92. The number of thiol groups is 1. The van der Waals surface area contributed by atoms with Crippen molar-refractivity contribution in [2.45, 2.75) is 32.0 Å². The molecule has 1 rings (SSSR count). The third kappa shape index (κ3) is 4.05. The first-order valence-corrected chi connectivity index (χ1v) is 7.25. The lowest BCUT2D eigenvalue weighted by Crippen LogP contribution is -2.21. The maximum Gasteiger partial charge on any atom is 0.488 e. The smallest absolute Gasteiger partial charge is 0.449 e. The van der Waals surface area contributed by atoms with Crippen molar-refractivity contribution < 1.29 is 29.4 Å². The molecular weight excluding hydrogens is 319 g/mol. The van der Waals surface area contributed by atoms with Gasteiger partial charge in [-0.15, -0.1) is 12.6 Å². The summed E-state index contributed by atoms with van der Waals surface area (Å²) in [4.78, 5) is 0.143. The molecule has 0 heterocycles. The maximum atomic E-state index is 12.6. The lowest BCUT2D eigenvalue weighted by molar-refractivity contribution is 0.435. The van der Waals surface area contributed by atoms with Crippen molar-refractivity contribution in [3.63, 3.8) is 0 Å². The summed E-state index contributed by atoms with van der Waals surface area (Å²) < 4.78 is 75.7. The molecule has 10 heteroatoms. The monoisotopic (exact) mass is 331 g/mol. The number of rotatable bonds is 4. The van der Waals surface area contributed by atoms with Crippen LogP contribution in [0.25, 0.3) is 0 Å². The minimum absolute atomic E-state index is 0.0572. The lowest BCUT2D eigenvalue weighted by Gasteiger charge is -2.22. The summed E-state index contributed by atoms with van der Waals surface area (Å²) in [6.45, 7) is -1.04. The van der Waals surface area contributed by atoms with E-state index in [0.717, 1.165) is 0 Å². The van der Waals surface area contributed by atoms with Gasteiger partial charge in [0.25, 0.3) is 0 Å². The van der Waals surface area contributed by atoms with Crippen molar-refractivity contribution in [3.05, 3.63) is 22.3 Å². The molecule has 0 N–H and O–H groups in total. The third-order valence-corrected chi connectivity index (χ3v) is 3.95. The largest absolute Gasteiger partial charge is 0.488 e. The fourth-order valence-electron chi connectivity index (χ4n) is 1.99. The quantitative estimate of drug-likeness (QED) is 0.398. The summed E-state index contributed by atoms with van der Waals surface area (Å²) in [5.74, 6) is -0.446. The lowest BCUT2D eigenvalue weighted by atomic mass is 9.78. The van der Waals surface area contributed by atoms with Gasteiger partial charge in [-0.25, -0.2) is 0 Å². The number of hydrogen-bond donors (Lipinski definition) is 1. The molecule has 0 spiro atoms.